The van der Waals surface area contributed by atoms with Crippen molar-refractivity contribution in [2.24, 2.45) is 0 Å². The Morgan fingerprint density at radius 1 is 0.245 bits per heavy atom. The van der Waals surface area contributed by atoms with Gasteiger partial charge in [0, 0.05) is 17.1 Å². The lowest BCUT2D eigenvalue weighted by Gasteiger charge is -2.27. The number of fused-ring (bicyclic) bond motifs is 5. The van der Waals surface area contributed by atoms with E-state index >= 15 is 0 Å². The third-order valence-corrected chi connectivity index (χ3v) is 9.63. The van der Waals surface area contributed by atoms with Gasteiger partial charge in [-0.1, -0.05) is 158 Å². The van der Waals surface area contributed by atoms with Crippen molar-refractivity contribution in [3.8, 4) is 33.4 Å². The maximum Gasteiger partial charge on any atom is 0.0467 e. The van der Waals surface area contributed by atoms with E-state index in [0.717, 1.165) is 17.1 Å². The van der Waals surface area contributed by atoms with Gasteiger partial charge in [-0.05, 0) is 108 Å². The number of benzene rings is 9. The average molecular weight is 624 g/mol. The Labute approximate surface area is 287 Å². The molecule has 1 heteroatoms. The van der Waals surface area contributed by atoms with Crippen LogP contribution in [0.15, 0.2) is 200 Å². The maximum absolute atomic E-state index is 2.40. The van der Waals surface area contributed by atoms with Crippen LogP contribution in [0.1, 0.15) is 0 Å². The van der Waals surface area contributed by atoms with Crippen LogP contribution in [0.2, 0.25) is 0 Å². The molecule has 0 saturated heterocycles. The monoisotopic (exact) mass is 623 g/mol. The van der Waals surface area contributed by atoms with Crippen LogP contribution >= 0.6 is 0 Å². The predicted molar refractivity (Wildman–Crippen MR) is 210 cm³/mol. The van der Waals surface area contributed by atoms with Gasteiger partial charge in [0.15, 0.2) is 0 Å². The van der Waals surface area contributed by atoms with Crippen molar-refractivity contribution in [3.05, 3.63) is 200 Å². The second-order valence-electron chi connectivity index (χ2n) is 12.6. The largest absolute Gasteiger partial charge is 0.310 e. The van der Waals surface area contributed by atoms with E-state index in [2.05, 4.69) is 205 Å². The van der Waals surface area contributed by atoms with Crippen LogP contribution in [-0.4, -0.2) is 0 Å². The van der Waals surface area contributed by atoms with Gasteiger partial charge in [0.25, 0.3) is 0 Å². The fourth-order valence-corrected chi connectivity index (χ4v) is 7.25. The molecule has 0 unspecified atom stereocenters. The molecule has 0 fully saturated rings. The Hall–Kier alpha value is -6.44. The average Bonchev–Trinajstić information content (AvgIpc) is 3.19. The zero-order valence-corrected chi connectivity index (χ0v) is 27.0. The van der Waals surface area contributed by atoms with Crippen molar-refractivity contribution in [1.29, 1.82) is 0 Å². The van der Waals surface area contributed by atoms with E-state index in [-0.39, 0.29) is 0 Å². The highest BCUT2D eigenvalue weighted by atomic mass is 15.1. The van der Waals surface area contributed by atoms with Crippen LogP contribution in [-0.2, 0) is 0 Å². The Morgan fingerprint density at radius 3 is 1.47 bits per heavy atom. The Bertz CT molecular complexity index is 2590. The fraction of sp³-hybridized carbons (Fsp3) is 0. The summed E-state index contributed by atoms with van der Waals surface area (Å²) in [4.78, 5) is 2.38. The van der Waals surface area contributed by atoms with E-state index in [9.17, 15) is 0 Å². The molecule has 49 heavy (non-hydrogen) atoms. The molecule has 1 nitrogen and oxygen atoms in total. The molecule has 9 rings (SSSR count). The molecule has 0 atom stereocenters. The van der Waals surface area contributed by atoms with Crippen LogP contribution in [0.4, 0.5) is 17.1 Å². The normalized spacial score (nSPS) is 11.3. The summed E-state index contributed by atoms with van der Waals surface area (Å²) in [6.45, 7) is 0. The van der Waals surface area contributed by atoms with Crippen LogP contribution in [0, 0.1) is 0 Å². The summed E-state index contributed by atoms with van der Waals surface area (Å²) < 4.78 is 0. The summed E-state index contributed by atoms with van der Waals surface area (Å²) in [5.41, 5.74) is 10.6. The van der Waals surface area contributed by atoms with E-state index in [0.29, 0.717) is 0 Å². The zero-order valence-electron chi connectivity index (χ0n) is 27.0. The molecule has 9 aromatic rings. The highest BCUT2D eigenvalue weighted by Crippen LogP contribution is 2.42. The minimum absolute atomic E-state index is 1.11. The fourth-order valence-electron chi connectivity index (χ4n) is 7.25. The Kier molecular flexibility index (Phi) is 7.22. The van der Waals surface area contributed by atoms with Gasteiger partial charge in [-0.2, -0.15) is 0 Å². The summed E-state index contributed by atoms with van der Waals surface area (Å²) >= 11 is 0. The first kappa shape index (κ1) is 28.8. The number of nitrogens with zero attached hydrogens (tertiary/aromatic N) is 1. The summed E-state index contributed by atoms with van der Waals surface area (Å²) in [5.74, 6) is 0. The molecule has 0 amide bonds. The van der Waals surface area contributed by atoms with Gasteiger partial charge in [-0.15, -0.1) is 0 Å². The van der Waals surface area contributed by atoms with Gasteiger partial charge >= 0.3 is 0 Å². The number of rotatable bonds is 6. The highest BCUT2D eigenvalue weighted by molar-refractivity contribution is 6.21. The molecule has 0 spiro atoms. The molecular weight excluding hydrogens is 591 g/mol. The molecule has 0 saturated carbocycles. The smallest absolute Gasteiger partial charge is 0.0467 e. The second-order valence-corrected chi connectivity index (χ2v) is 12.6. The molecule has 0 aliphatic heterocycles. The minimum atomic E-state index is 1.11. The molecule has 0 N–H and O–H groups in total. The minimum Gasteiger partial charge on any atom is -0.310 e. The zero-order chi connectivity index (χ0) is 32.6. The first-order valence-corrected chi connectivity index (χ1v) is 16.8. The molecule has 0 radical (unpaired) electrons. The quantitative estimate of drug-likeness (QED) is 0.167. The third kappa shape index (κ3) is 5.32. The van der Waals surface area contributed by atoms with Gasteiger partial charge in [-0.3, -0.25) is 0 Å². The Morgan fingerprint density at radius 2 is 0.755 bits per heavy atom. The van der Waals surface area contributed by atoms with Gasteiger partial charge in [-0.25, -0.2) is 0 Å². The van der Waals surface area contributed by atoms with Crippen LogP contribution in [0.5, 0.6) is 0 Å². The van der Waals surface area contributed by atoms with Crippen molar-refractivity contribution < 1.29 is 0 Å². The summed E-state index contributed by atoms with van der Waals surface area (Å²) in [6.07, 6.45) is 0. The van der Waals surface area contributed by atoms with Gasteiger partial charge in [0.1, 0.15) is 0 Å². The van der Waals surface area contributed by atoms with Crippen molar-refractivity contribution in [3.63, 3.8) is 0 Å². The van der Waals surface area contributed by atoms with Crippen LogP contribution in [0.3, 0.4) is 0 Å². The summed E-state index contributed by atoms with van der Waals surface area (Å²) in [7, 11) is 0. The topological polar surface area (TPSA) is 3.24 Å². The van der Waals surface area contributed by atoms with Crippen LogP contribution < -0.4 is 4.90 Å². The number of hydrogen-bond acceptors (Lipinski definition) is 1. The van der Waals surface area contributed by atoms with Gasteiger partial charge in [0.2, 0.25) is 0 Å². The number of hydrogen-bond donors (Lipinski definition) is 0. The van der Waals surface area contributed by atoms with E-state index < -0.39 is 0 Å². The van der Waals surface area contributed by atoms with Gasteiger partial charge in [0.05, 0.1) is 0 Å². The molecule has 9 aromatic carbocycles. The Balaban J connectivity index is 1.23. The molecule has 0 bridgehead atoms. The lowest BCUT2D eigenvalue weighted by molar-refractivity contribution is 1.28. The molecule has 0 heterocycles. The van der Waals surface area contributed by atoms with Crippen LogP contribution in [0.25, 0.3) is 65.7 Å². The molecule has 0 aromatic heterocycles. The molecular formula is C48H33N. The van der Waals surface area contributed by atoms with Crippen molar-refractivity contribution in [2.45, 2.75) is 0 Å². The van der Waals surface area contributed by atoms with Gasteiger partial charge < -0.3 is 4.90 Å². The maximum atomic E-state index is 2.40. The molecule has 0 aliphatic rings. The van der Waals surface area contributed by atoms with E-state index in [4.69, 9.17) is 0 Å². The SMILES string of the molecule is c1ccc(-c2ccc(N(c3cccc(-c4ccccc4)c3)c3cccc(-c4cc5c6ccccc6ccc5c5ccccc45)c3)cc2)cc1. The first-order chi connectivity index (χ1) is 24.3. The predicted octanol–water partition coefficient (Wildman–Crippen LogP) is 13.6. The lowest BCUT2D eigenvalue weighted by Crippen LogP contribution is -2.10. The number of anilines is 3. The van der Waals surface area contributed by atoms with E-state index in [1.165, 1.54) is 65.7 Å². The summed E-state index contributed by atoms with van der Waals surface area (Å²) in [6, 6.07) is 72.4. The standard InChI is InChI=1S/C48H33N/c1-3-13-34(14-4-1)36-25-28-40(29-26-36)49(41-20-11-18-38(31-41)35-15-5-2-6-16-35)42-21-12-19-39(32-42)47-33-48-43-22-8-7-17-37(43)27-30-46(48)44-23-9-10-24-45(44)47/h1-33H. The van der Waals surface area contributed by atoms with E-state index in [1.54, 1.807) is 0 Å². The van der Waals surface area contributed by atoms with Crippen molar-refractivity contribution in [1.82, 2.24) is 0 Å². The molecule has 230 valence electrons. The second kappa shape index (κ2) is 12.3. The molecule has 0 aliphatic carbocycles. The third-order valence-electron chi connectivity index (χ3n) is 9.63. The summed E-state index contributed by atoms with van der Waals surface area (Å²) in [5, 5.41) is 7.63. The van der Waals surface area contributed by atoms with E-state index in [1.807, 2.05) is 0 Å². The lowest BCUT2D eigenvalue weighted by atomic mass is 9.91. The van der Waals surface area contributed by atoms with Crippen molar-refractivity contribution >= 4 is 49.4 Å². The highest BCUT2D eigenvalue weighted by Gasteiger charge is 2.17. The van der Waals surface area contributed by atoms with Crippen molar-refractivity contribution in [2.75, 3.05) is 4.90 Å². The first-order valence-electron chi connectivity index (χ1n) is 16.8.